The minimum atomic E-state index is -3.69. The van der Waals surface area contributed by atoms with Crippen molar-refractivity contribution in [3.05, 3.63) is 24.4 Å². The zero-order valence-electron chi connectivity index (χ0n) is 12.1. The summed E-state index contributed by atoms with van der Waals surface area (Å²) in [5, 5.41) is 0.0189. The lowest BCUT2D eigenvalue weighted by atomic mass is 10.4. The summed E-state index contributed by atoms with van der Waals surface area (Å²) >= 11 is 0. The zero-order chi connectivity index (χ0) is 15.5. The molecular weight excluding hydrogens is 292 g/mol. The fraction of sp³-hybridized carbons (Fsp3) is 0.417. The van der Waals surface area contributed by atoms with Crippen LogP contribution in [0.4, 0.5) is 5.82 Å². The zero-order valence-corrected chi connectivity index (χ0v) is 12.9. The summed E-state index contributed by atoms with van der Waals surface area (Å²) in [5.74, 6) is 5.51. The molecule has 116 valence electrons. The first kappa shape index (κ1) is 15.7. The third-order valence-corrected chi connectivity index (χ3v) is 4.43. The number of hydrogen-bond acceptors (Lipinski definition) is 6. The van der Waals surface area contributed by atoms with Crippen molar-refractivity contribution in [3.63, 3.8) is 0 Å². The van der Waals surface area contributed by atoms with Gasteiger partial charge in [0.15, 0.2) is 10.8 Å². The summed E-state index contributed by atoms with van der Waals surface area (Å²) in [4.78, 5) is 6.15. The standard InChI is InChI=1S/C12H20N6O2S/c1-17(2)8-5-7-14-21(19,20)12-11(16-13)15-10-6-3-4-9-18(10)12/h3-4,6,9,14,16H,5,7-8,13H2,1-2H3. The lowest BCUT2D eigenvalue weighted by molar-refractivity contribution is 0.400. The maximum Gasteiger partial charge on any atom is 0.260 e. The maximum absolute atomic E-state index is 12.5. The third kappa shape index (κ3) is 3.50. The van der Waals surface area contributed by atoms with Crippen molar-refractivity contribution in [2.24, 2.45) is 5.84 Å². The Labute approximate surface area is 124 Å². The number of fused-ring (bicyclic) bond motifs is 1. The number of imidazole rings is 1. The number of aromatic nitrogens is 2. The molecule has 0 aliphatic carbocycles. The van der Waals surface area contributed by atoms with E-state index in [-0.39, 0.29) is 10.8 Å². The van der Waals surface area contributed by atoms with Crippen LogP contribution in [0.1, 0.15) is 6.42 Å². The lowest BCUT2D eigenvalue weighted by Gasteiger charge is -2.11. The van der Waals surface area contributed by atoms with Crippen LogP contribution in [-0.2, 0) is 10.0 Å². The summed E-state index contributed by atoms with van der Waals surface area (Å²) in [6.07, 6.45) is 2.35. The molecule has 2 rings (SSSR count). The van der Waals surface area contributed by atoms with Gasteiger partial charge in [0, 0.05) is 12.7 Å². The Balaban J connectivity index is 2.27. The highest BCUT2D eigenvalue weighted by Gasteiger charge is 2.24. The fourth-order valence-electron chi connectivity index (χ4n) is 1.99. The Morgan fingerprint density at radius 1 is 1.38 bits per heavy atom. The van der Waals surface area contributed by atoms with Gasteiger partial charge in [0.1, 0.15) is 5.65 Å². The van der Waals surface area contributed by atoms with Crippen LogP contribution in [0.5, 0.6) is 0 Å². The summed E-state index contributed by atoms with van der Waals surface area (Å²) < 4.78 is 29.0. The predicted molar refractivity (Wildman–Crippen MR) is 81.4 cm³/mol. The number of anilines is 1. The minimum Gasteiger partial charge on any atom is -0.309 e. The van der Waals surface area contributed by atoms with Gasteiger partial charge in [-0.15, -0.1) is 0 Å². The van der Waals surface area contributed by atoms with E-state index in [9.17, 15) is 8.42 Å². The molecule has 8 nitrogen and oxygen atoms in total. The number of pyridine rings is 1. The highest BCUT2D eigenvalue weighted by molar-refractivity contribution is 7.89. The molecule has 9 heteroatoms. The molecule has 2 aromatic rings. The monoisotopic (exact) mass is 312 g/mol. The number of nitrogens with zero attached hydrogens (tertiary/aromatic N) is 3. The molecule has 0 saturated carbocycles. The van der Waals surface area contributed by atoms with Crippen LogP contribution in [0.25, 0.3) is 5.65 Å². The minimum absolute atomic E-state index is 0.0189. The molecule has 0 amide bonds. The first-order valence-electron chi connectivity index (χ1n) is 6.54. The van der Waals surface area contributed by atoms with Crippen molar-refractivity contribution in [1.29, 1.82) is 0 Å². The molecule has 0 aliphatic heterocycles. The Kier molecular flexibility index (Phi) is 4.78. The second-order valence-electron chi connectivity index (χ2n) is 4.89. The maximum atomic E-state index is 12.5. The van der Waals surface area contributed by atoms with Gasteiger partial charge < -0.3 is 10.3 Å². The molecule has 0 saturated heterocycles. The van der Waals surface area contributed by atoms with Crippen LogP contribution in [0.3, 0.4) is 0 Å². The Morgan fingerprint density at radius 3 is 2.81 bits per heavy atom. The number of hydrogen-bond donors (Lipinski definition) is 3. The molecule has 0 bridgehead atoms. The van der Waals surface area contributed by atoms with Gasteiger partial charge >= 0.3 is 0 Å². The first-order valence-corrected chi connectivity index (χ1v) is 8.02. The molecule has 0 unspecified atom stereocenters. The van der Waals surface area contributed by atoms with Gasteiger partial charge in [0.05, 0.1) is 0 Å². The van der Waals surface area contributed by atoms with Crippen molar-refractivity contribution >= 4 is 21.5 Å². The number of nitrogen functional groups attached to an aromatic ring is 1. The van der Waals surface area contributed by atoms with E-state index in [0.717, 1.165) is 6.54 Å². The van der Waals surface area contributed by atoms with E-state index in [2.05, 4.69) is 15.1 Å². The van der Waals surface area contributed by atoms with Gasteiger partial charge in [0.2, 0.25) is 0 Å². The smallest absolute Gasteiger partial charge is 0.260 e. The van der Waals surface area contributed by atoms with Crippen molar-refractivity contribution < 1.29 is 8.42 Å². The lowest BCUT2D eigenvalue weighted by Crippen LogP contribution is -2.29. The van der Waals surface area contributed by atoms with Crippen molar-refractivity contribution in [1.82, 2.24) is 19.0 Å². The van der Waals surface area contributed by atoms with Gasteiger partial charge in [-0.25, -0.2) is 24.0 Å². The van der Waals surface area contributed by atoms with Crippen LogP contribution in [-0.4, -0.2) is 49.9 Å². The van der Waals surface area contributed by atoms with Crippen LogP contribution in [0.15, 0.2) is 29.4 Å². The molecule has 0 aliphatic rings. The van der Waals surface area contributed by atoms with E-state index >= 15 is 0 Å². The Bertz CT molecular complexity index is 710. The van der Waals surface area contributed by atoms with E-state index in [1.54, 1.807) is 24.4 Å². The molecular formula is C12H20N6O2S. The molecule has 2 heterocycles. The molecule has 0 spiro atoms. The van der Waals surface area contributed by atoms with Crippen LogP contribution in [0.2, 0.25) is 0 Å². The van der Waals surface area contributed by atoms with Gasteiger partial charge in [0.25, 0.3) is 10.0 Å². The van der Waals surface area contributed by atoms with Crippen molar-refractivity contribution in [2.45, 2.75) is 11.4 Å². The molecule has 21 heavy (non-hydrogen) atoms. The average molecular weight is 312 g/mol. The van der Waals surface area contributed by atoms with Crippen LogP contribution < -0.4 is 16.0 Å². The Hall–Kier alpha value is -1.68. The first-order chi connectivity index (χ1) is 9.95. The molecule has 0 fully saturated rings. The number of nitrogens with one attached hydrogen (secondary N) is 2. The quantitative estimate of drug-likeness (QED) is 0.373. The number of nitrogens with two attached hydrogens (primary N) is 1. The SMILES string of the molecule is CN(C)CCCNS(=O)(=O)c1c(NN)nc2ccccn12. The number of sulfonamides is 1. The van der Waals surface area contributed by atoms with Crippen molar-refractivity contribution in [2.75, 3.05) is 32.6 Å². The number of rotatable bonds is 7. The Morgan fingerprint density at radius 2 is 2.14 bits per heavy atom. The van der Waals surface area contributed by atoms with E-state index in [4.69, 9.17) is 5.84 Å². The van der Waals surface area contributed by atoms with E-state index in [0.29, 0.717) is 18.6 Å². The topological polar surface area (TPSA) is 105 Å². The second kappa shape index (κ2) is 6.39. The highest BCUT2D eigenvalue weighted by atomic mass is 32.2. The molecule has 0 atom stereocenters. The predicted octanol–water partition coefficient (Wildman–Crippen LogP) is -0.150. The van der Waals surface area contributed by atoms with E-state index < -0.39 is 10.0 Å². The average Bonchev–Trinajstić information content (AvgIpc) is 2.82. The summed E-state index contributed by atoms with van der Waals surface area (Å²) in [5.41, 5.74) is 2.85. The van der Waals surface area contributed by atoms with Gasteiger partial charge in [-0.2, -0.15) is 0 Å². The summed E-state index contributed by atoms with van der Waals surface area (Å²) in [7, 11) is 0.185. The fourth-order valence-corrected chi connectivity index (χ4v) is 3.32. The molecule has 4 N–H and O–H groups in total. The van der Waals surface area contributed by atoms with Crippen LogP contribution >= 0.6 is 0 Å². The number of hydrazine groups is 1. The normalized spacial score (nSPS) is 12.2. The molecule has 0 aromatic carbocycles. The van der Waals surface area contributed by atoms with Crippen molar-refractivity contribution in [3.8, 4) is 0 Å². The largest absolute Gasteiger partial charge is 0.309 e. The van der Waals surface area contributed by atoms with Gasteiger partial charge in [-0.1, -0.05) is 6.07 Å². The highest BCUT2D eigenvalue weighted by Crippen LogP contribution is 2.21. The van der Waals surface area contributed by atoms with Gasteiger partial charge in [-0.05, 0) is 39.2 Å². The van der Waals surface area contributed by atoms with E-state index in [1.165, 1.54) is 4.40 Å². The summed E-state index contributed by atoms with van der Waals surface area (Å²) in [6.45, 7) is 1.16. The third-order valence-electron chi connectivity index (χ3n) is 2.95. The molecule has 2 aromatic heterocycles. The van der Waals surface area contributed by atoms with E-state index in [1.807, 2.05) is 19.0 Å². The van der Waals surface area contributed by atoms with Crippen LogP contribution in [0, 0.1) is 0 Å². The second-order valence-corrected chi connectivity index (χ2v) is 6.58. The summed E-state index contributed by atoms with van der Waals surface area (Å²) in [6, 6.07) is 5.23. The molecule has 0 radical (unpaired) electrons. The van der Waals surface area contributed by atoms with Gasteiger partial charge in [-0.3, -0.25) is 4.40 Å².